The summed E-state index contributed by atoms with van der Waals surface area (Å²) in [4.78, 5) is 10.6. The predicted molar refractivity (Wildman–Crippen MR) is 78.3 cm³/mol. The summed E-state index contributed by atoms with van der Waals surface area (Å²) in [7, 11) is 1.54. The van der Waals surface area contributed by atoms with E-state index >= 15 is 0 Å². The smallest absolute Gasteiger partial charge is 0.328 e. The maximum absolute atomic E-state index is 10.6. The first kappa shape index (κ1) is 15.1. The standard InChI is InChI=1S/C14H14N2O4S/c1-9-15-16-14(20-9)21-8-10-3-5-12(19-2)11(7-10)4-6-13(17)18/h3-7H,8H2,1-2H3,(H,17,18). The number of thioether (sulfide) groups is 1. The van der Waals surface area contributed by atoms with E-state index in [4.69, 9.17) is 14.3 Å². The number of carboxylic acids is 1. The lowest BCUT2D eigenvalue weighted by Crippen LogP contribution is -1.91. The molecule has 1 heterocycles. The fraction of sp³-hybridized carbons (Fsp3) is 0.214. The molecule has 7 heteroatoms. The Kier molecular flexibility index (Phi) is 4.99. The van der Waals surface area contributed by atoms with Crippen molar-refractivity contribution in [1.29, 1.82) is 0 Å². The van der Waals surface area contributed by atoms with E-state index in [1.165, 1.54) is 17.8 Å². The van der Waals surface area contributed by atoms with Gasteiger partial charge in [0.2, 0.25) is 5.89 Å². The molecule has 0 amide bonds. The Morgan fingerprint density at radius 2 is 2.29 bits per heavy atom. The molecule has 1 N–H and O–H groups in total. The van der Waals surface area contributed by atoms with E-state index in [0.717, 1.165) is 11.6 Å². The van der Waals surface area contributed by atoms with Crippen molar-refractivity contribution in [2.45, 2.75) is 17.9 Å². The van der Waals surface area contributed by atoms with Crippen molar-refractivity contribution in [2.75, 3.05) is 7.11 Å². The highest BCUT2D eigenvalue weighted by Crippen LogP contribution is 2.26. The van der Waals surface area contributed by atoms with Crippen LogP contribution in [0.3, 0.4) is 0 Å². The molecule has 0 spiro atoms. The lowest BCUT2D eigenvalue weighted by Gasteiger charge is -2.07. The lowest BCUT2D eigenvalue weighted by molar-refractivity contribution is -0.131. The average Bonchev–Trinajstić information content (AvgIpc) is 2.88. The number of nitrogens with zero attached hydrogens (tertiary/aromatic N) is 2. The average molecular weight is 306 g/mol. The summed E-state index contributed by atoms with van der Waals surface area (Å²) in [6.07, 6.45) is 2.59. The van der Waals surface area contributed by atoms with Crippen LogP contribution in [-0.2, 0) is 10.5 Å². The van der Waals surface area contributed by atoms with Crippen molar-refractivity contribution in [3.8, 4) is 5.75 Å². The second kappa shape index (κ2) is 6.94. The number of methoxy groups -OCH3 is 1. The third-order valence-corrected chi connectivity index (χ3v) is 3.46. The van der Waals surface area contributed by atoms with Crippen LogP contribution in [-0.4, -0.2) is 28.4 Å². The van der Waals surface area contributed by atoms with Crippen molar-refractivity contribution in [2.24, 2.45) is 0 Å². The van der Waals surface area contributed by atoms with Crippen LogP contribution < -0.4 is 4.74 Å². The molecule has 21 heavy (non-hydrogen) atoms. The fourth-order valence-corrected chi connectivity index (χ4v) is 2.39. The number of carboxylic acid groups (broad SMARTS) is 1. The number of ether oxygens (including phenoxy) is 1. The number of hydrogen-bond donors (Lipinski definition) is 1. The largest absolute Gasteiger partial charge is 0.496 e. The molecule has 2 rings (SSSR count). The number of rotatable bonds is 6. The number of aryl methyl sites for hydroxylation is 1. The van der Waals surface area contributed by atoms with Crippen molar-refractivity contribution in [3.05, 3.63) is 41.3 Å². The number of carbonyl (C=O) groups is 1. The van der Waals surface area contributed by atoms with Crippen LogP contribution in [0, 0.1) is 6.92 Å². The molecule has 0 aliphatic heterocycles. The van der Waals surface area contributed by atoms with E-state index in [1.807, 2.05) is 12.1 Å². The van der Waals surface area contributed by atoms with E-state index in [2.05, 4.69) is 10.2 Å². The molecule has 6 nitrogen and oxygen atoms in total. The van der Waals surface area contributed by atoms with Gasteiger partial charge in [0, 0.05) is 24.3 Å². The molecule has 0 radical (unpaired) electrons. The Morgan fingerprint density at radius 3 is 2.90 bits per heavy atom. The molecule has 0 saturated carbocycles. The molecule has 0 saturated heterocycles. The zero-order valence-corrected chi connectivity index (χ0v) is 12.4. The van der Waals surface area contributed by atoms with Crippen LogP contribution in [0.4, 0.5) is 0 Å². The number of benzene rings is 1. The normalized spacial score (nSPS) is 11.0. The van der Waals surface area contributed by atoms with Gasteiger partial charge in [0.1, 0.15) is 5.75 Å². The van der Waals surface area contributed by atoms with Crippen LogP contribution >= 0.6 is 11.8 Å². The third kappa shape index (κ3) is 4.35. The third-order valence-electron chi connectivity index (χ3n) is 2.57. The minimum Gasteiger partial charge on any atom is -0.496 e. The minimum atomic E-state index is -1.00. The zero-order valence-electron chi connectivity index (χ0n) is 11.6. The molecular weight excluding hydrogens is 292 g/mol. The van der Waals surface area contributed by atoms with Gasteiger partial charge in [-0.05, 0) is 23.8 Å². The van der Waals surface area contributed by atoms with Gasteiger partial charge in [-0.25, -0.2) is 4.79 Å². The van der Waals surface area contributed by atoms with Crippen LogP contribution in [0.25, 0.3) is 6.08 Å². The summed E-state index contributed by atoms with van der Waals surface area (Å²) in [5.41, 5.74) is 1.71. The maximum Gasteiger partial charge on any atom is 0.328 e. The highest BCUT2D eigenvalue weighted by Gasteiger charge is 2.06. The molecule has 0 fully saturated rings. The first-order chi connectivity index (χ1) is 10.1. The van der Waals surface area contributed by atoms with Crippen molar-refractivity contribution >= 4 is 23.8 Å². The van der Waals surface area contributed by atoms with E-state index < -0.39 is 5.97 Å². The quantitative estimate of drug-likeness (QED) is 0.648. The maximum atomic E-state index is 10.6. The summed E-state index contributed by atoms with van der Waals surface area (Å²) >= 11 is 1.42. The topological polar surface area (TPSA) is 85.5 Å². The molecule has 0 bridgehead atoms. The van der Waals surface area contributed by atoms with E-state index in [0.29, 0.717) is 28.2 Å². The minimum absolute atomic E-state index is 0.506. The van der Waals surface area contributed by atoms with Gasteiger partial charge in [-0.15, -0.1) is 10.2 Å². The SMILES string of the molecule is COc1ccc(CSc2nnc(C)o2)cc1C=CC(=O)O. The van der Waals surface area contributed by atoms with Gasteiger partial charge in [0.15, 0.2) is 0 Å². The zero-order chi connectivity index (χ0) is 15.2. The van der Waals surface area contributed by atoms with Crippen LogP contribution in [0.2, 0.25) is 0 Å². The predicted octanol–water partition coefficient (Wildman–Crippen LogP) is 2.78. The van der Waals surface area contributed by atoms with Crippen LogP contribution in [0.5, 0.6) is 5.75 Å². The second-order valence-electron chi connectivity index (χ2n) is 4.12. The second-order valence-corrected chi connectivity index (χ2v) is 5.05. The summed E-state index contributed by atoms with van der Waals surface area (Å²) in [6, 6.07) is 5.58. The lowest BCUT2D eigenvalue weighted by atomic mass is 10.1. The van der Waals surface area contributed by atoms with Gasteiger partial charge >= 0.3 is 5.97 Å². The Labute approximate surface area is 125 Å². The van der Waals surface area contributed by atoms with Gasteiger partial charge in [-0.1, -0.05) is 17.8 Å². The Morgan fingerprint density at radius 1 is 1.48 bits per heavy atom. The van der Waals surface area contributed by atoms with Crippen LogP contribution in [0.1, 0.15) is 17.0 Å². The van der Waals surface area contributed by atoms with Gasteiger partial charge in [0.05, 0.1) is 7.11 Å². The first-order valence-electron chi connectivity index (χ1n) is 6.09. The van der Waals surface area contributed by atoms with Gasteiger partial charge in [0.25, 0.3) is 5.22 Å². The monoisotopic (exact) mass is 306 g/mol. The molecule has 110 valence electrons. The summed E-state index contributed by atoms with van der Waals surface area (Å²) in [5.74, 6) is 0.782. The van der Waals surface area contributed by atoms with Gasteiger partial charge in [-0.3, -0.25) is 0 Å². The fourth-order valence-electron chi connectivity index (χ4n) is 1.65. The van der Waals surface area contributed by atoms with E-state index in [9.17, 15) is 4.79 Å². The summed E-state index contributed by atoms with van der Waals surface area (Å²) < 4.78 is 10.5. The van der Waals surface area contributed by atoms with Crippen molar-refractivity contribution < 1.29 is 19.1 Å². The molecule has 0 aliphatic carbocycles. The Bertz CT molecular complexity index is 667. The molecule has 0 unspecified atom stereocenters. The molecule has 1 aromatic heterocycles. The van der Waals surface area contributed by atoms with Gasteiger partial charge < -0.3 is 14.3 Å². The van der Waals surface area contributed by atoms with Crippen LogP contribution in [0.15, 0.2) is 33.9 Å². The van der Waals surface area contributed by atoms with Crippen molar-refractivity contribution in [3.63, 3.8) is 0 Å². The highest BCUT2D eigenvalue weighted by atomic mass is 32.2. The summed E-state index contributed by atoms with van der Waals surface area (Å²) in [6.45, 7) is 1.74. The first-order valence-corrected chi connectivity index (χ1v) is 7.08. The van der Waals surface area contributed by atoms with Gasteiger partial charge in [-0.2, -0.15) is 0 Å². The van der Waals surface area contributed by atoms with E-state index in [1.54, 1.807) is 20.1 Å². The summed E-state index contributed by atoms with van der Waals surface area (Å²) in [5, 5.41) is 16.9. The molecule has 2 aromatic rings. The number of aromatic nitrogens is 2. The molecular formula is C14H14N2O4S. The molecule has 0 aliphatic rings. The highest BCUT2D eigenvalue weighted by molar-refractivity contribution is 7.98. The number of hydrogen-bond acceptors (Lipinski definition) is 6. The molecule has 0 atom stereocenters. The Balaban J connectivity index is 2.13. The van der Waals surface area contributed by atoms with Crippen molar-refractivity contribution in [1.82, 2.24) is 10.2 Å². The Hall–Kier alpha value is -2.28. The molecule has 1 aromatic carbocycles. The van der Waals surface area contributed by atoms with E-state index in [-0.39, 0.29) is 0 Å². The number of aliphatic carboxylic acids is 1.